The highest BCUT2D eigenvalue weighted by Gasteiger charge is 2.26. The standard InChI is InChI=1S/C17H23N5O.ClH/c1-10-6-7-13(17-19-11(2)21-22-17)8-15(10)20-16(23)9-12-4-3-5-14(12)18;/h6-8,12,14H,3-5,9,18H2,1-2H3,(H,20,23)(H,19,21,22);1H/t12-,14+;/m0./s1. The van der Waals surface area contributed by atoms with Crippen LogP contribution >= 0.6 is 12.4 Å². The third kappa shape index (κ3) is 4.13. The second-order valence-electron chi connectivity index (χ2n) is 6.38. The van der Waals surface area contributed by atoms with Gasteiger partial charge in [-0.15, -0.1) is 12.4 Å². The number of carbonyl (C=O) groups is 1. The number of anilines is 1. The molecule has 0 spiro atoms. The summed E-state index contributed by atoms with van der Waals surface area (Å²) in [6, 6.07) is 6.01. The second-order valence-corrected chi connectivity index (χ2v) is 6.38. The summed E-state index contributed by atoms with van der Waals surface area (Å²) >= 11 is 0. The Balaban J connectivity index is 0.00000208. The molecule has 0 radical (unpaired) electrons. The molecule has 1 amide bonds. The molecule has 4 N–H and O–H groups in total. The molecule has 1 saturated carbocycles. The summed E-state index contributed by atoms with van der Waals surface area (Å²) in [7, 11) is 0. The lowest BCUT2D eigenvalue weighted by Gasteiger charge is -2.16. The number of aromatic nitrogens is 3. The van der Waals surface area contributed by atoms with Crippen molar-refractivity contribution in [3.05, 3.63) is 29.6 Å². The highest BCUT2D eigenvalue weighted by atomic mass is 35.5. The van der Waals surface area contributed by atoms with Gasteiger partial charge in [0.25, 0.3) is 0 Å². The van der Waals surface area contributed by atoms with Crippen molar-refractivity contribution in [1.29, 1.82) is 0 Å². The van der Waals surface area contributed by atoms with E-state index in [9.17, 15) is 4.79 Å². The minimum absolute atomic E-state index is 0. The third-order valence-electron chi connectivity index (χ3n) is 4.53. The summed E-state index contributed by atoms with van der Waals surface area (Å²) in [5, 5.41) is 10.0. The number of rotatable bonds is 4. The van der Waals surface area contributed by atoms with Crippen molar-refractivity contribution in [2.75, 3.05) is 5.32 Å². The quantitative estimate of drug-likeness (QED) is 0.790. The van der Waals surface area contributed by atoms with Crippen LogP contribution in [0.25, 0.3) is 11.4 Å². The third-order valence-corrected chi connectivity index (χ3v) is 4.53. The van der Waals surface area contributed by atoms with Crippen molar-refractivity contribution >= 4 is 24.0 Å². The van der Waals surface area contributed by atoms with E-state index in [4.69, 9.17) is 5.73 Å². The molecule has 130 valence electrons. The zero-order valence-corrected chi connectivity index (χ0v) is 14.8. The van der Waals surface area contributed by atoms with E-state index in [1.807, 2.05) is 32.0 Å². The minimum Gasteiger partial charge on any atom is -0.327 e. The molecular weight excluding hydrogens is 326 g/mol. The minimum atomic E-state index is 0. The molecule has 24 heavy (non-hydrogen) atoms. The number of benzene rings is 1. The number of hydrogen-bond donors (Lipinski definition) is 3. The topological polar surface area (TPSA) is 96.7 Å². The number of H-pyrrole nitrogens is 1. The van der Waals surface area contributed by atoms with Gasteiger partial charge in [0, 0.05) is 23.7 Å². The molecule has 0 aliphatic heterocycles. The van der Waals surface area contributed by atoms with E-state index in [0.717, 1.165) is 41.9 Å². The number of nitrogens with zero attached hydrogens (tertiary/aromatic N) is 2. The second kappa shape index (κ2) is 7.77. The predicted molar refractivity (Wildman–Crippen MR) is 97.1 cm³/mol. The van der Waals surface area contributed by atoms with Gasteiger partial charge in [-0.2, -0.15) is 5.10 Å². The predicted octanol–water partition coefficient (Wildman–Crippen LogP) is 2.97. The van der Waals surface area contributed by atoms with E-state index >= 15 is 0 Å². The first-order valence-electron chi connectivity index (χ1n) is 8.08. The average molecular weight is 350 g/mol. The smallest absolute Gasteiger partial charge is 0.224 e. The molecule has 6 nitrogen and oxygen atoms in total. The number of carbonyl (C=O) groups excluding carboxylic acids is 1. The van der Waals surface area contributed by atoms with E-state index in [-0.39, 0.29) is 24.4 Å². The van der Waals surface area contributed by atoms with Gasteiger partial charge >= 0.3 is 0 Å². The van der Waals surface area contributed by atoms with Crippen LogP contribution in [0.3, 0.4) is 0 Å². The molecule has 1 fully saturated rings. The van der Waals surface area contributed by atoms with E-state index < -0.39 is 0 Å². The zero-order chi connectivity index (χ0) is 16.4. The van der Waals surface area contributed by atoms with Gasteiger partial charge in [0.2, 0.25) is 5.91 Å². The Labute approximate surface area is 148 Å². The van der Waals surface area contributed by atoms with Gasteiger partial charge in [-0.05, 0) is 44.2 Å². The van der Waals surface area contributed by atoms with Crippen molar-refractivity contribution < 1.29 is 4.79 Å². The lowest BCUT2D eigenvalue weighted by Crippen LogP contribution is -2.28. The molecule has 7 heteroatoms. The molecule has 1 heterocycles. The number of aryl methyl sites for hydroxylation is 2. The highest BCUT2D eigenvalue weighted by molar-refractivity contribution is 5.92. The Morgan fingerprint density at radius 2 is 2.17 bits per heavy atom. The molecule has 0 bridgehead atoms. The van der Waals surface area contributed by atoms with Crippen LogP contribution in [0.2, 0.25) is 0 Å². The van der Waals surface area contributed by atoms with Gasteiger partial charge in [-0.25, -0.2) is 4.98 Å². The summed E-state index contributed by atoms with van der Waals surface area (Å²) in [4.78, 5) is 16.6. The van der Waals surface area contributed by atoms with Crippen molar-refractivity contribution in [1.82, 2.24) is 15.2 Å². The average Bonchev–Trinajstić information content (AvgIpc) is 3.11. The summed E-state index contributed by atoms with van der Waals surface area (Å²) in [6.45, 7) is 3.84. The van der Waals surface area contributed by atoms with Crippen molar-refractivity contribution in [2.24, 2.45) is 11.7 Å². The molecule has 2 aromatic rings. The molecular formula is C17H24ClN5O. The van der Waals surface area contributed by atoms with Crippen LogP contribution in [-0.2, 0) is 4.79 Å². The fourth-order valence-corrected chi connectivity index (χ4v) is 3.13. The van der Waals surface area contributed by atoms with Crippen molar-refractivity contribution in [2.45, 2.75) is 45.6 Å². The monoisotopic (exact) mass is 349 g/mol. The Morgan fingerprint density at radius 1 is 1.38 bits per heavy atom. The number of halogens is 1. The number of aromatic amines is 1. The van der Waals surface area contributed by atoms with E-state index in [2.05, 4.69) is 20.5 Å². The number of nitrogens with one attached hydrogen (secondary N) is 2. The maximum Gasteiger partial charge on any atom is 0.224 e. The Bertz CT molecular complexity index is 715. The molecule has 0 unspecified atom stereocenters. The van der Waals surface area contributed by atoms with Gasteiger partial charge in [0.1, 0.15) is 5.82 Å². The number of hydrogen-bond acceptors (Lipinski definition) is 4. The van der Waals surface area contributed by atoms with Crippen LogP contribution in [-0.4, -0.2) is 27.1 Å². The maximum absolute atomic E-state index is 12.3. The summed E-state index contributed by atoms with van der Waals surface area (Å²) in [5.74, 6) is 1.73. The zero-order valence-electron chi connectivity index (χ0n) is 14.0. The van der Waals surface area contributed by atoms with E-state index in [1.54, 1.807) is 0 Å². The first-order valence-corrected chi connectivity index (χ1v) is 8.08. The van der Waals surface area contributed by atoms with Gasteiger partial charge in [-0.3, -0.25) is 9.89 Å². The SMILES string of the molecule is Cc1nc(-c2ccc(C)c(NC(=O)C[C@@H]3CCC[C@H]3N)c2)n[nH]1.Cl. The Hall–Kier alpha value is -1.92. The van der Waals surface area contributed by atoms with Crippen molar-refractivity contribution in [3.63, 3.8) is 0 Å². The fourth-order valence-electron chi connectivity index (χ4n) is 3.13. The maximum atomic E-state index is 12.3. The number of amides is 1. The van der Waals surface area contributed by atoms with E-state index in [0.29, 0.717) is 18.2 Å². The fraction of sp³-hybridized carbons (Fsp3) is 0.471. The lowest BCUT2D eigenvalue weighted by atomic mass is 9.99. The van der Waals surface area contributed by atoms with Gasteiger partial charge in [0.05, 0.1) is 0 Å². The van der Waals surface area contributed by atoms with Crippen LogP contribution in [0.1, 0.15) is 37.1 Å². The Kier molecular flexibility index (Phi) is 5.96. The van der Waals surface area contributed by atoms with Crippen LogP contribution in [0.4, 0.5) is 5.69 Å². The van der Waals surface area contributed by atoms with Crippen LogP contribution < -0.4 is 11.1 Å². The van der Waals surface area contributed by atoms with Crippen LogP contribution in [0.5, 0.6) is 0 Å². The highest BCUT2D eigenvalue weighted by Crippen LogP contribution is 2.28. The molecule has 1 aliphatic carbocycles. The molecule has 2 atom stereocenters. The molecule has 3 rings (SSSR count). The van der Waals surface area contributed by atoms with E-state index in [1.165, 1.54) is 0 Å². The summed E-state index contributed by atoms with van der Waals surface area (Å²) in [5.41, 5.74) is 8.76. The summed E-state index contributed by atoms with van der Waals surface area (Å²) in [6.07, 6.45) is 3.68. The van der Waals surface area contributed by atoms with Gasteiger partial charge in [0.15, 0.2) is 5.82 Å². The van der Waals surface area contributed by atoms with Crippen molar-refractivity contribution in [3.8, 4) is 11.4 Å². The van der Waals surface area contributed by atoms with Gasteiger partial charge in [-0.1, -0.05) is 18.6 Å². The van der Waals surface area contributed by atoms with Crippen LogP contribution in [0.15, 0.2) is 18.2 Å². The molecule has 0 saturated heterocycles. The Morgan fingerprint density at radius 3 is 2.79 bits per heavy atom. The van der Waals surface area contributed by atoms with Gasteiger partial charge < -0.3 is 11.1 Å². The molecule has 1 aromatic carbocycles. The van der Waals surface area contributed by atoms with Crippen LogP contribution in [0, 0.1) is 19.8 Å². The number of nitrogens with two attached hydrogens (primary N) is 1. The molecule has 1 aliphatic rings. The molecule has 1 aromatic heterocycles. The first-order chi connectivity index (χ1) is 11.0. The first kappa shape index (κ1) is 18.4. The normalized spacial score (nSPS) is 19.8. The summed E-state index contributed by atoms with van der Waals surface area (Å²) < 4.78 is 0. The lowest BCUT2D eigenvalue weighted by molar-refractivity contribution is -0.117. The largest absolute Gasteiger partial charge is 0.327 e.